The summed E-state index contributed by atoms with van der Waals surface area (Å²) in [5.74, 6) is -0.0209. The Morgan fingerprint density at radius 2 is 2.21 bits per heavy atom. The van der Waals surface area contributed by atoms with Crippen molar-refractivity contribution in [2.75, 3.05) is 17.3 Å². The fourth-order valence-corrected chi connectivity index (χ4v) is 1.84. The van der Waals surface area contributed by atoms with Crippen LogP contribution in [0.15, 0.2) is 24.3 Å². The average molecular weight is 187 g/mol. The van der Waals surface area contributed by atoms with Crippen molar-refractivity contribution in [3.05, 3.63) is 24.3 Å². The molecule has 0 saturated heterocycles. The van der Waals surface area contributed by atoms with Crippen LogP contribution in [0, 0.1) is 17.2 Å². The van der Waals surface area contributed by atoms with Gasteiger partial charge in [0.1, 0.15) is 6.17 Å². The first-order valence-electron chi connectivity index (χ1n) is 4.72. The van der Waals surface area contributed by atoms with Gasteiger partial charge in [-0.1, -0.05) is 12.1 Å². The fraction of sp³-hybridized carbons (Fsp3) is 0.364. The van der Waals surface area contributed by atoms with E-state index >= 15 is 0 Å². The molecule has 0 spiro atoms. The zero-order chi connectivity index (χ0) is 10.1. The third-order valence-electron chi connectivity index (χ3n) is 2.68. The van der Waals surface area contributed by atoms with Gasteiger partial charge < -0.3 is 10.2 Å². The van der Waals surface area contributed by atoms with Crippen LogP contribution in [-0.2, 0) is 0 Å². The number of para-hydroxylation sites is 2. The minimum Gasteiger partial charge on any atom is -0.362 e. The molecular weight excluding hydrogens is 174 g/mol. The SMILES string of the molecule is CC(C#N)C1Nc2ccccc2N1C. The van der Waals surface area contributed by atoms with E-state index in [-0.39, 0.29) is 12.1 Å². The van der Waals surface area contributed by atoms with Crippen molar-refractivity contribution in [1.29, 1.82) is 5.26 Å². The molecule has 2 atom stereocenters. The Morgan fingerprint density at radius 3 is 2.86 bits per heavy atom. The van der Waals surface area contributed by atoms with Gasteiger partial charge in [-0.2, -0.15) is 5.26 Å². The highest BCUT2D eigenvalue weighted by Crippen LogP contribution is 2.34. The quantitative estimate of drug-likeness (QED) is 0.731. The van der Waals surface area contributed by atoms with Gasteiger partial charge in [0.25, 0.3) is 0 Å². The second-order valence-corrected chi connectivity index (χ2v) is 3.64. The van der Waals surface area contributed by atoms with E-state index < -0.39 is 0 Å². The van der Waals surface area contributed by atoms with Gasteiger partial charge in [0.2, 0.25) is 0 Å². The Kier molecular flexibility index (Phi) is 2.05. The maximum Gasteiger partial charge on any atom is 0.115 e. The summed E-state index contributed by atoms with van der Waals surface area (Å²) in [5.41, 5.74) is 2.28. The van der Waals surface area contributed by atoms with E-state index in [2.05, 4.69) is 22.4 Å². The second-order valence-electron chi connectivity index (χ2n) is 3.64. The van der Waals surface area contributed by atoms with E-state index in [0.29, 0.717) is 0 Å². The Balaban J connectivity index is 2.31. The lowest BCUT2D eigenvalue weighted by Crippen LogP contribution is -2.37. The highest BCUT2D eigenvalue weighted by Gasteiger charge is 2.29. The smallest absolute Gasteiger partial charge is 0.115 e. The van der Waals surface area contributed by atoms with Crippen LogP contribution in [0.4, 0.5) is 11.4 Å². The molecule has 3 heteroatoms. The van der Waals surface area contributed by atoms with Crippen molar-refractivity contribution in [2.24, 2.45) is 5.92 Å². The highest BCUT2D eigenvalue weighted by atomic mass is 15.3. The number of benzene rings is 1. The molecular formula is C11H13N3. The summed E-state index contributed by atoms with van der Waals surface area (Å²) < 4.78 is 0. The van der Waals surface area contributed by atoms with Crippen molar-refractivity contribution in [1.82, 2.24) is 0 Å². The zero-order valence-electron chi connectivity index (χ0n) is 8.36. The molecule has 3 nitrogen and oxygen atoms in total. The van der Waals surface area contributed by atoms with E-state index in [1.807, 2.05) is 32.2 Å². The van der Waals surface area contributed by atoms with Crippen LogP contribution >= 0.6 is 0 Å². The monoisotopic (exact) mass is 187 g/mol. The van der Waals surface area contributed by atoms with Crippen LogP contribution in [0.1, 0.15) is 6.92 Å². The van der Waals surface area contributed by atoms with Crippen LogP contribution in [0.3, 0.4) is 0 Å². The zero-order valence-corrected chi connectivity index (χ0v) is 8.36. The Hall–Kier alpha value is -1.69. The summed E-state index contributed by atoms with van der Waals surface area (Å²) in [6.07, 6.45) is 0.0948. The molecule has 2 rings (SSSR count). The molecule has 1 aliphatic heterocycles. The van der Waals surface area contributed by atoms with Crippen molar-refractivity contribution in [3.63, 3.8) is 0 Å². The van der Waals surface area contributed by atoms with Crippen LogP contribution in [0.2, 0.25) is 0 Å². The molecule has 1 N–H and O–H groups in total. The maximum atomic E-state index is 8.88. The molecule has 0 saturated carbocycles. The highest BCUT2D eigenvalue weighted by molar-refractivity contribution is 5.75. The molecule has 1 heterocycles. The van der Waals surface area contributed by atoms with Gasteiger partial charge in [-0.3, -0.25) is 0 Å². The predicted molar refractivity (Wildman–Crippen MR) is 57.0 cm³/mol. The van der Waals surface area contributed by atoms with E-state index in [4.69, 9.17) is 5.26 Å². The summed E-state index contributed by atoms with van der Waals surface area (Å²) in [6.45, 7) is 1.93. The van der Waals surface area contributed by atoms with Crippen molar-refractivity contribution < 1.29 is 0 Å². The second kappa shape index (κ2) is 3.22. The van der Waals surface area contributed by atoms with Crippen molar-refractivity contribution in [2.45, 2.75) is 13.1 Å². The number of anilines is 2. The van der Waals surface area contributed by atoms with Gasteiger partial charge in [-0.05, 0) is 19.1 Å². The number of hydrogen-bond acceptors (Lipinski definition) is 3. The summed E-state index contributed by atoms with van der Waals surface area (Å²) >= 11 is 0. The number of nitrogens with zero attached hydrogens (tertiary/aromatic N) is 2. The van der Waals surface area contributed by atoms with E-state index in [0.717, 1.165) is 5.69 Å². The molecule has 0 aliphatic carbocycles. The van der Waals surface area contributed by atoms with Gasteiger partial charge in [0.15, 0.2) is 0 Å². The summed E-state index contributed by atoms with van der Waals surface area (Å²) in [6, 6.07) is 10.4. The minimum atomic E-state index is -0.0209. The van der Waals surface area contributed by atoms with Crippen LogP contribution in [0.5, 0.6) is 0 Å². The van der Waals surface area contributed by atoms with Crippen molar-refractivity contribution >= 4 is 11.4 Å². The first kappa shape index (κ1) is 8.89. The molecule has 0 fully saturated rings. The summed E-state index contributed by atoms with van der Waals surface area (Å²) in [4.78, 5) is 2.11. The number of nitriles is 1. The number of hydrogen-bond donors (Lipinski definition) is 1. The largest absolute Gasteiger partial charge is 0.362 e. The van der Waals surface area contributed by atoms with Gasteiger partial charge in [0.05, 0.1) is 23.4 Å². The number of nitrogens with one attached hydrogen (secondary N) is 1. The molecule has 14 heavy (non-hydrogen) atoms. The molecule has 1 aromatic carbocycles. The standard InChI is InChI=1S/C11H13N3/c1-8(7-12)11-13-9-5-3-4-6-10(9)14(11)2/h3-6,8,11,13H,1-2H3. The molecule has 0 bridgehead atoms. The topological polar surface area (TPSA) is 39.1 Å². The van der Waals surface area contributed by atoms with Gasteiger partial charge in [-0.25, -0.2) is 0 Å². The van der Waals surface area contributed by atoms with E-state index in [1.54, 1.807) is 0 Å². The van der Waals surface area contributed by atoms with Gasteiger partial charge >= 0.3 is 0 Å². The molecule has 0 radical (unpaired) electrons. The Morgan fingerprint density at radius 1 is 1.50 bits per heavy atom. The lowest BCUT2D eigenvalue weighted by Gasteiger charge is -2.23. The molecule has 1 aromatic rings. The van der Waals surface area contributed by atoms with Crippen LogP contribution in [-0.4, -0.2) is 13.2 Å². The average Bonchev–Trinajstić information content (AvgIpc) is 2.56. The predicted octanol–water partition coefficient (Wildman–Crippen LogP) is 2.03. The van der Waals surface area contributed by atoms with Crippen molar-refractivity contribution in [3.8, 4) is 6.07 Å². The van der Waals surface area contributed by atoms with Crippen LogP contribution in [0.25, 0.3) is 0 Å². The molecule has 72 valence electrons. The first-order chi connectivity index (χ1) is 6.74. The van der Waals surface area contributed by atoms with E-state index in [1.165, 1.54) is 5.69 Å². The van der Waals surface area contributed by atoms with E-state index in [9.17, 15) is 0 Å². The first-order valence-corrected chi connectivity index (χ1v) is 4.72. The lowest BCUT2D eigenvalue weighted by molar-refractivity contribution is 0.592. The number of rotatable bonds is 1. The normalized spacial score (nSPS) is 20.9. The third kappa shape index (κ3) is 1.20. The van der Waals surface area contributed by atoms with Gasteiger partial charge in [-0.15, -0.1) is 0 Å². The number of fused-ring (bicyclic) bond motifs is 1. The molecule has 0 aromatic heterocycles. The molecule has 1 aliphatic rings. The lowest BCUT2D eigenvalue weighted by atomic mass is 10.1. The third-order valence-corrected chi connectivity index (χ3v) is 2.68. The summed E-state index contributed by atoms with van der Waals surface area (Å²) in [7, 11) is 2.01. The van der Waals surface area contributed by atoms with Gasteiger partial charge in [0, 0.05) is 7.05 Å². The minimum absolute atomic E-state index is 0.0209. The van der Waals surface area contributed by atoms with Crippen LogP contribution < -0.4 is 10.2 Å². The fourth-order valence-electron chi connectivity index (χ4n) is 1.84. The molecule has 0 amide bonds. The Labute approximate surface area is 84.0 Å². The maximum absolute atomic E-state index is 8.88. The molecule has 2 unspecified atom stereocenters. The Bertz CT molecular complexity index is 380. The summed E-state index contributed by atoms with van der Waals surface area (Å²) in [5, 5.41) is 12.2.